The summed E-state index contributed by atoms with van der Waals surface area (Å²) in [5.74, 6) is 0.741. The second-order valence-electron chi connectivity index (χ2n) is 9.84. The molecule has 0 aliphatic carbocycles. The van der Waals surface area contributed by atoms with Gasteiger partial charge in [-0.15, -0.1) is 0 Å². The molecule has 0 N–H and O–H groups in total. The molecule has 0 spiro atoms. The highest BCUT2D eigenvalue weighted by atomic mass is 16.5. The Morgan fingerprint density at radius 3 is 2.37 bits per heavy atom. The smallest absolute Gasteiger partial charge is 0.309 e. The van der Waals surface area contributed by atoms with Gasteiger partial charge in [0.05, 0.1) is 12.5 Å². The van der Waals surface area contributed by atoms with Crippen molar-refractivity contribution in [1.29, 1.82) is 0 Å². The van der Waals surface area contributed by atoms with Gasteiger partial charge in [-0.3, -0.25) is 9.59 Å². The van der Waals surface area contributed by atoms with Crippen LogP contribution in [0.3, 0.4) is 0 Å². The Balaban J connectivity index is 1.32. The lowest BCUT2D eigenvalue weighted by molar-refractivity contribution is -0.149. The molecule has 35 heavy (non-hydrogen) atoms. The lowest BCUT2D eigenvalue weighted by Crippen LogP contribution is -2.41. The van der Waals surface area contributed by atoms with E-state index in [2.05, 4.69) is 46.2 Å². The lowest BCUT2D eigenvalue weighted by atomic mass is 9.87. The van der Waals surface area contributed by atoms with Crippen molar-refractivity contribution >= 4 is 22.6 Å². The average molecular weight is 471 g/mol. The molecule has 0 unspecified atom stereocenters. The molecule has 2 heterocycles. The number of ether oxygens (including phenoxy) is 1. The fourth-order valence-electron chi connectivity index (χ4n) is 5.83. The van der Waals surface area contributed by atoms with Crippen molar-refractivity contribution in [3.05, 3.63) is 83.9 Å². The molecule has 2 saturated heterocycles. The number of nitrogens with zero attached hydrogens (tertiary/aromatic N) is 2. The number of hydrogen-bond donors (Lipinski definition) is 0. The van der Waals surface area contributed by atoms with Crippen LogP contribution in [-0.4, -0.2) is 61.0 Å². The van der Waals surface area contributed by atoms with E-state index in [-0.39, 0.29) is 17.8 Å². The number of hydrogen-bond acceptors (Lipinski definition) is 4. The summed E-state index contributed by atoms with van der Waals surface area (Å²) >= 11 is 0. The van der Waals surface area contributed by atoms with E-state index >= 15 is 0 Å². The van der Waals surface area contributed by atoms with E-state index in [9.17, 15) is 9.59 Å². The minimum atomic E-state index is -0.0537. The SMILES string of the molecule is CCOC(=O)C1CCN(C[C@H]2CN(C(=O)c3cccc4ccccc34)C[C@@H]2c2ccccc2)CC1. The van der Waals surface area contributed by atoms with Crippen LogP contribution in [0.5, 0.6) is 0 Å². The molecular weight excluding hydrogens is 436 g/mol. The summed E-state index contributed by atoms with van der Waals surface area (Å²) in [6, 6.07) is 24.7. The van der Waals surface area contributed by atoms with E-state index in [1.54, 1.807) is 0 Å². The molecule has 3 aromatic carbocycles. The van der Waals surface area contributed by atoms with Gasteiger partial charge in [0.1, 0.15) is 0 Å². The summed E-state index contributed by atoms with van der Waals surface area (Å²) in [5, 5.41) is 2.11. The van der Waals surface area contributed by atoms with Crippen LogP contribution in [0.2, 0.25) is 0 Å². The van der Waals surface area contributed by atoms with Gasteiger partial charge in [0.25, 0.3) is 5.91 Å². The topological polar surface area (TPSA) is 49.9 Å². The van der Waals surface area contributed by atoms with Crippen molar-refractivity contribution in [3.63, 3.8) is 0 Å². The summed E-state index contributed by atoms with van der Waals surface area (Å²) in [6.45, 7) is 6.53. The summed E-state index contributed by atoms with van der Waals surface area (Å²) in [7, 11) is 0. The van der Waals surface area contributed by atoms with Gasteiger partial charge in [0, 0.05) is 31.1 Å². The molecule has 2 atom stereocenters. The molecule has 2 aliphatic heterocycles. The van der Waals surface area contributed by atoms with E-state index in [4.69, 9.17) is 4.74 Å². The van der Waals surface area contributed by atoms with Crippen LogP contribution in [-0.2, 0) is 9.53 Å². The van der Waals surface area contributed by atoms with Crippen molar-refractivity contribution in [3.8, 4) is 0 Å². The number of rotatable bonds is 6. The van der Waals surface area contributed by atoms with E-state index in [1.165, 1.54) is 5.56 Å². The van der Waals surface area contributed by atoms with Crippen molar-refractivity contribution in [2.45, 2.75) is 25.7 Å². The molecular formula is C30H34N2O3. The molecule has 1 amide bonds. The van der Waals surface area contributed by atoms with Crippen LogP contribution in [0.4, 0.5) is 0 Å². The zero-order valence-corrected chi connectivity index (χ0v) is 20.4. The molecule has 5 nitrogen and oxygen atoms in total. The van der Waals surface area contributed by atoms with Gasteiger partial charge in [-0.25, -0.2) is 0 Å². The molecule has 2 fully saturated rings. The summed E-state index contributed by atoms with van der Waals surface area (Å²) in [4.78, 5) is 30.4. The molecule has 182 valence electrons. The first-order valence-electron chi connectivity index (χ1n) is 12.8. The maximum absolute atomic E-state index is 13.7. The van der Waals surface area contributed by atoms with Crippen LogP contribution < -0.4 is 0 Å². The van der Waals surface area contributed by atoms with Gasteiger partial charge in [0.2, 0.25) is 0 Å². The van der Waals surface area contributed by atoms with Crippen LogP contribution >= 0.6 is 0 Å². The third-order valence-electron chi connectivity index (χ3n) is 7.68. The zero-order valence-electron chi connectivity index (χ0n) is 20.4. The molecule has 5 rings (SSSR count). The third kappa shape index (κ3) is 5.10. The number of fused-ring (bicyclic) bond motifs is 1. The highest BCUT2D eigenvalue weighted by molar-refractivity contribution is 6.07. The van der Waals surface area contributed by atoms with Gasteiger partial charge >= 0.3 is 5.97 Å². The first-order chi connectivity index (χ1) is 17.1. The summed E-state index contributed by atoms with van der Waals surface area (Å²) < 4.78 is 5.24. The first kappa shape index (κ1) is 23.6. The Morgan fingerprint density at radius 1 is 0.886 bits per heavy atom. The number of benzene rings is 3. The Morgan fingerprint density at radius 2 is 1.60 bits per heavy atom. The van der Waals surface area contributed by atoms with E-state index in [0.29, 0.717) is 18.4 Å². The molecule has 0 saturated carbocycles. The zero-order chi connectivity index (χ0) is 24.2. The molecule has 0 radical (unpaired) electrons. The number of carbonyl (C=O) groups is 2. The Labute approximate surface area is 207 Å². The molecule has 3 aromatic rings. The van der Waals surface area contributed by atoms with Gasteiger partial charge in [-0.05, 0) is 61.2 Å². The van der Waals surface area contributed by atoms with Crippen molar-refractivity contribution < 1.29 is 14.3 Å². The third-order valence-corrected chi connectivity index (χ3v) is 7.68. The molecule has 5 heteroatoms. The first-order valence-corrected chi connectivity index (χ1v) is 12.8. The van der Waals surface area contributed by atoms with Gasteiger partial charge < -0.3 is 14.5 Å². The van der Waals surface area contributed by atoms with Gasteiger partial charge in [-0.1, -0.05) is 66.7 Å². The van der Waals surface area contributed by atoms with E-state index < -0.39 is 0 Å². The Bertz CT molecular complexity index is 1170. The van der Waals surface area contributed by atoms with Crippen LogP contribution in [0.1, 0.15) is 41.6 Å². The highest BCUT2D eigenvalue weighted by Crippen LogP contribution is 2.35. The monoisotopic (exact) mass is 470 g/mol. The minimum absolute atomic E-state index is 0.0177. The normalized spacial score (nSPS) is 21.3. The van der Waals surface area contributed by atoms with Crippen LogP contribution in [0.25, 0.3) is 10.8 Å². The number of esters is 1. The highest BCUT2D eigenvalue weighted by Gasteiger charge is 2.38. The van der Waals surface area contributed by atoms with Crippen LogP contribution in [0, 0.1) is 11.8 Å². The fraction of sp³-hybridized carbons (Fsp3) is 0.400. The van der Waals surface area contributed by atoms with Crippen LogP contribution in [0.15, 0.2) is 72.8 Å². The second kappa shape index (κ2) is 10.6. The van der Waals surface area contributed by atoms with Crippen molar-refractivity contribution in [2.24, 2.45) is 11.8 Å². The molecule has 0 bridgehead atoms. The second-order valence-corrected chi connectivity index (χ2v) is 9.84. The van der Waals surface area contributed by atoms with E-state index in [1.807, 2.05) is 43.3 Å². The van der Waals surface area contributed by atoms with Crippen molar-refractivity contribution in [2.75, 3.05) is 39.3 Å². The van der Waals surface area contributed by atoms with E-state index in [0.717, 1.165) is 61.9 Å². The Kier molecular flexibility index (Phi) is 7.14. The number of carbonyl (C=O) groups excluding carboxylic acids is 2. The Hall–Kier alpha value is -3.18. The number of piperidine rings is 1. The standard InChI is InChI=1S/C30H34N2O3/c1-2-35-30(34)24-15-17-31(18-16-24)19-25-20-32(21-28(25)23-9-4-3-5-10-23)29(33)27-14-8-12-22-11-6-7-13-26(22)27/h3-14,24-25,28H,2,15-21H2,1H3/t25-,28+/m0/s1. The van der Waals surface area contributed by atoms with Crippen molar-refractivity contribution in [1.82, 2.24) is 9.80 Å². The average Bonchev–Trinajstić information content (AvgIpc) is 3.32. The summed E-state index contributed by atoms with van der Waals surface area (Å²) in [5.41, 5.74) is 2.08. The maximum atomic E-state index is 13.7. The van der Waals surface area contributed by atoms with Gasteiger partial charge in [-0.2, -0.15) is 0 Å². The lowest BCUT2D eigenvalue weighted by Gasteiger charge is -2.33. The summed E-state index contributed by atoms with van der Waals surface area (Å²) in [6.07, 6.45) is 1.69. The largest absolute Gasteiger partial charge is 0.466 e. The maximum Gasteiger partial charge on any atom is 0.309 e. The fourth-order valence-corrected chi connectivity index (χ4v) is 5.83. The predicted molar refractivity (Wildman–Crippen MR) is 138 cm³/mol. The number of likely N-dealkylation sites (tertiary alicyclic amines) is 2. The quantitative estimate of drug-likeness (QED) is 0.477. The molecule has 2 aliphatic rings. The van der Waals surface area contributed by atoms with Gasteiger partial charge in [0.15, 0.2) is 0 Å². The number of amides is 1. The predicted octanol–water partition coefficient (Wildman–Crippen LogP) is 4.97. The molecule has 0 aromatic heterocycles. The minimum Gasteiger partial charge on any atom is -0.466 e.